The molecule has 3 nitrogen and oxygen atoms in total. The zero-order chi connectivity index (χ0) is 12.1. The zero-order valence-electron chi connectivity index (χ0n) is 9.82. The maximum atomic E-state index is 13.5. The lowest BCUT2D eigenvalue weighted by Gasteiger charge is -2.21. The van der Waals surface area contributed by atoms with E-state index in [0.717, 1.165) is 26.1 Å². The molecule has 2 rings (SSSR count). The molecule has 0 spiro atoms. The number of nitrogen functional groups attached to an aromatic ring is 1. The molecule has 0 unspecified atom stereocenters. The number of halogens is 1. The van der Waals surface area contributed by atoms with Crippen molar-refractivity contribution in [3.63, 3.8) is 0 Å². The van der Waals surface area contributed by atoms with Gasteiger partial charge >= 0.3 is 0 Å². The standard InChI is InChI=1S/C13H18FNO2/c14-13-11(2-1-3-12(13)15)9-17-8-10-4-6-16-7-5-10/h1-3,10H,4-9,15H2. The Bertz CT molecular complexity index is 364. The van der Waals surface area contributed by atoms with Crippen molar-refractivity contribution in [1.82, 2.24) is 0 Å². The van der Waals surface area contributed by atoms with Crippen LogP contribution in [0.15, 0.2) is 18.2 Å². The molecule has 0 amide bonds. The highest BCUT2D eigenvalue weighted by atomic mass is 19.1. The molecule has 2 N–H and O–H groups in total. The Labute approximate surface area is 101 Å². The summed E-state index contributed by atoms with van der Waals surface area (Å²) >= 11 is 0. The van der Waals surface area contributed by atoms with Crippen molar-refractivity contribution in [2.75, 3.05) is 25.6 Å². The van der Waals surface area contributed by atoms with E-state index in [1.807, 2.05) is 0 Å². The molecule has 0 aliphatic carbocycles. The van der Waals surface area contributed by atoms with E-state index in [4.69, 9.17) is 15.2 Å². The largest absolute Gasteiger partial charge is 0.396 e. The van der Waals surface area contributed by atoms with Crippen molar-refractivity contribution >= 4 is 5.69 Å². The number of ether oxygens (including phenoxy) is 2. The predicted molar refractivity (Wildman–Crippen MR) is 64.0 cm³/mol. The molecule has 1 aromatic rings. The topological polar surface area (TPSA) is 44.5 Å². The van der Waals surface area contributed by atoms with Gasteiger partial charge in [-0.1, -0.05) is 12.1 Å². The van der Waals surface area contributed by atoms with Gasteiger partial charge in [-0.2, -0.15) is 0 Å². The van der Waals surface area contributed by atoms with Gasteiger partial charge in [-0.05, 0) is 24.8 Å². The molecule has 0 radical (unpaired) electrons. The van der Waals surface area contributed by atoms with Gasteiger partial charge in [-0.25, -0.2) is 4.39 Å². The fourth-order valence-corrected chi connectivity index (χ4v) is 1.96. The van der Waals surface area contributed by atoms with Crippen LogP contribution in [0.3, 0.4) is 0 Å². The van der Waals surface area contributed by atoms with Crippen molar-refractivity contribution < 1.29 is 13.9 Å². The molecule has 1 aliphatic heterocycles. The van der Waals surface area contributed by atoms with E-state index >= 15 is 0 Å². The van der Waals surface area contributed by atoms with Crippen molar-refractivity contribution in [3.05, 3.63) is 29.6 Å². The number of hydrogen-bond donors (Lipinski definition) is 1. The second kappa shape index (κ2) is 5.98. The van der Waals surface area contributed by atoms with Crippen molar-refractivity contribution in [1.29, 1.82) is 0 Å². The molecule has 94 valence electrons. The van der Waals surface area contributed by atoms with Crippen molar-refractivity contribution in [2.45, 2.75) is 19.4 Å². The van der Waals surface area contributed by atoms with Gasteiger partial charge in [-0.15, -0.1) is 0 Å². The Hall–Kier alpha value is -1.13. The first-order valence-electron chi connectivity index (χ1n) is 5.95. The van der Waals surface area contributed by atoms with Gasteiger partial charge in [0.25, 0.3) is 0 Å². The number of anilines is 1. The summed E-state index contributed by atoms with van der Waals surface area (Å²) in [5, 5.41) is 0. The summed E-state index contributed by atoms with van der Waals surface area (Å²) in [4.78, 5) is 0. The first-order valence-corrected chi connectivity index (χ1v) is 5.95. The van der Waals surface area contributed by atoms with Crippen LogP contribution in [0.2, 0.25) is 0 Å². The third-order valence-corrected chi connectivity index (χ3v) is 3.06. The molecule has 1 aliphatic rings. The van der Waals surface area contributed by atoms with Crippen LogP contribution in [0.1, 0.15) is 18.4 Å². The summed E-state index contributed by atoms with van der Waals surface area (Å²) in [6, 6.07) is 5.00. The van der Waals surface area contributed by atoms with Crippen LogP contribution >= 0.6 is 0 Å². The van der Waals surface area contributed by atoms with Gasteiger partial charge in [0.1, 0.15) is 0 Å². The molecule has 1 saturated heterocycles. The fraction of sp³-hybridized carbons (Fsp3) is 0.538. The molecule has 0 aromatic heterocycles. The number of benzene rings is 1. The highest BCUT2D eigenvalue weighted by molar-refractivity contribution is 5.42. The lowest BCUT2D eigenvalue weighted by atomic mass is 10.0. The van der Waals surface area contributed by atoms with Crippen LogP contribution in [0.25, 0.3) is 0 Å². The van der Waals surface area contributed by atoms with Crippen LogP contribution in [0.4, 0.5) is 10.1 Å². The summed E-state index contributed by atoms with van der Waals surface area (Å²) < 4.78 is 24.4. The Morgan fingerprint density at radius 2 is 2.12 bits per heavy atom. The molecule has 0 saturated carbocycles. The average Bonchev–Trinajstić information content (AvgIpc) is 2.36. The lowest BCUT2D eigenvalue weighted by Crippen LogP contribution is -2.20. The highest BCUT2D eigenvalue weighted by Crippen LogP contribution is 2.18. The number of rotatable bonds is 4. The lowest BCUT2D eigenvalue weighted by molar-refractivity contribution is 0.0152. The number of nitrogens with two attached hydrogens (primary N) is 1. The summed E-state index contributed by atoms with van der Waals surface area (Å²) in [7, 11) is 0. The third kappa shape index (κ3) is 3.41. The zero-order valence-corrected chi connectivity index (χ0v) is 9.82. The van der Waals surface area contributed by atoms with Crippen LogP contribution in [0.5, 0.6) is 0 Å². The molecular weight excluding hydrogens is 221 g/mol. The average molecular weight is 239 g/mol. The first-order chi connectivity index (χ1) is 8.27. The molecular formula is C13H18FNO2. The van der Waals surface area contributed by atoms with E-state index in [-0.39, 0.29) is 18.1 Å². The summed E-state index contributed by atoms with van der Waals surface area (Å²) in [5.74, 6) is 0.173. The SMILES string of the molecule is Nc1cccc(COCC2CCOCC2)c1F. The van der Waals surface area contributed by atoms with E-state index in [1.165, 1.54) is 0 Å². The van der Waals surface area contributed by atoms with E-state index in [2.05, 4.69) is 0 Å². The fourth-order valence-electron chi connectivity index (χ4n) is 1.96. The van der Waals surface area contributed by atoms with E-state index < -0.39 is 0 Å². The third-order valence-electron chi connectivity index (χ3n) is 3.06. The maximum absolute atomic E-state index is 13.5. The molecule has 0 atom stereocenters. The normalized spacial score (nSPS) is 17.2. The Morgan fingerprint density at radius 1 is 1.35 bits per heavy atom. The van der Waals surface area contributed by atoms with Crippen LogP contribution in [-0.4, -0.2) is 19.8 Å². The molecule has 1 aromatic carbocycles. The first kappa shape index (κ1) is 12.3. The monoisotopic (exact) mass is 239 g/mol. The minimum atomic E-state index is -0.362. The molecule has 0 bridgehead atoms. The van der Waals surface area contributed by atoms with Crippen molar-refractivity contribution in [2.24, 2.45) is 5.92 Å². The van der Waals surface area contributed by atoms with Gasteiger partial charge < -0.3 is 15.2 Å². The predicted octanol–water partition coefficient (Wildman–Crippen LogP) is 2.35. The maximum Gasteiger partial charge on any atom is 0.151 e. The van der Waals surface area contributed by atoms with E-state index in [9.17, 15) is 4.39 Å². The second-order valence-corrected chi connectivity index (χ2v) is 4.39. The Balaban J connectivity index is 1.79. The highest BCUT2D eigenvalue weighted by Gasteiger charge is 2.14. The number of hydrogen-bond acceptors (Lipinski definition) is 3. The molecule has 4 heteroatoms. The minimum absolute atomic E-state index is 0.178. The van der Waals surface area contributed by atoms with Gasteiger partial charge in [0, 0.05) is 18.8 Å². The smallest absolute Gasteiger partial charge is 0.151 e. The summed E-state index contributed by atoms with van der Waals surface area (Å²) in [5.41, 5.74) is 6.19. The second-order valence-electron chi connectivity index (χ2n) is 4.39. The minimum Gasteiger partial charge on any atom is -0.396 e. The van der Waals surface area contributed by atoms with Gasteiger partial charge in [0.2, 0.25) is 0 Å². The van der Waals surface area contributed by atoms with Crippen molar-refractivity contribution in [3.8, 4) is 0 Å². The van der Waals surface area contributed by atoms with E-state index in [0.29, 0.717) is 18.1 Å². The van der Waals surface area contributed by atoms with Gasteiger partial charge in [0.15, 0.2) is 5.82 Å². The van der Waals surface area contributed by atoms with Crippen LogP contribution in [-0.2, 0) is 16.1 Å². The molecule has 1 fully saturated rings. The molecule has 1 heterocycles. The Morgan fingerprint density at radius 3 is 2.88 bits per heavy atom. The van der Waals surface area contributed by atoms with E-state index in [1.54, 1.807) is 18.2 Å². The molecule has 17 heavy (non-hydrogen) atoms. The summed E-state index contributed by atoms with van der Waals surface area (Å²) in [6.45, 7) is 2.56. The summed E-state index contributed by atoms with van der Waals surface area (Å²) in [6.07, 6.45) is 2.05. The van der Waals surface area contributed by atoms with Gasteiger partial charge in [0.05, 0.1) is 18.9 Å². The quantitative estimate of drug-likeness (QED) is 0.820. The van der Waals surface area contributed by atoms with Crippen LogP contribution < -0.4 is 5.73 Å². The Kier molecular flexibility index (Phi) is 4.34. The van der Waals surface area contributed by atoms with Crippen LogP contribution in [0, 0.1) is 11.7 Å². The van der Waals surface area contributed by atoms with Gasteiger partial charge in [-0.3, -0.25) is 0 Å².